The highest BCUT2D eigenvalue weighted by atomic mass is 19.4. The quantitative estimate of drug-likeness (QED) is 0.797. The Morgan fingerprint density at radius 3 is 2.32 bits per heavy atom. The summed E-state index contributed by atoms with van der Waals surface area (Å²) in [5.74, 6) is -2.78. The van der Waals surface area contributed by atoms with E-state index in [-0.39, 0.29) is 11.5 Å². The molecule has 0 saturated carbocycles. The van der Waals surface area contributed by atoms with Crippen molar-refractivity contribution >= 4 is 11.9 Å². The average Bonchev–Trinajstić information content (AvgIpc) is 3.06. The third kappa shape index (κ3) is 5.61. The molecule has 2 aliphatic heterocycles. The van der Waals surface area contributed by atoms with Crippen molar-refractivity contribution in [3.63, 3.8) is 0 Å². The summed E-state index contributed by atoms with van der Waals surface area (Å²) in [5.41, 5.74) is 0.389. The van der Waals surface area contributed by atoms with E-state index >= 15 is 0 Å². The smallest absolute Gasteiger partial charge is 0.475 e. The Morgan fingerprint density at radius 2 is 1.89 bits per heavy atom. The maximum absolute atomic E-state index is 12.3. The lowest BCUT2D eigenvalue weighted by atomic mass is 9.87. The standard InChI is InChI=1S/C15H22N4O2.C2HF3O2/c1-18(2)12-9-15(21-11-12)3-7-19(8-4-15)14(20)13-10-16-5-6-17-13;3-2(4,5)1(6)7/h5-6,10,12H,3-4,7-9,11H2,1-2H3;(H,6,7). The van der Waals surface area contributed by atoms with E-state index in [4.69, 9.17) is 14.6 Å². The fourth-order valence-corrected chi connectivity index (χ4v) is 3.19. The van der Waals surface area contributed by atoms with Crippen molar-refractivity contribution in [2.75, 3.05) is 33.8 Å². The Bertz CT molecular complexity index is 677. The molecule has 1 spiro atoms. The topological polar surface area (TPSA) is 95.9 Å². The molecule has 1 atom stereocenters. The molecule has 3 rings (SSSR count). The Labute approximate surface area is 160 Å². The second-order valence-corrected chi connectivity index (χ2v) is 7.00. The van der Waals surface area contributed by atoms with Crippen LogP contribution in [-0.2, 0) is 9.53 Å². The summed E-state index contributed by atoms with van der Waals surface area (Å²) >= 11 is 0. The second kappa shape index (κ2) is 8.82. The average molecular weight is 404 g/mol. The first-order chi connectivity index (χ1) is 13.0. The number of ether oxygens (including phenoxy) is 1. The van der Waals surface area contributed by atoms with Gasteiger partial charge in [-0.15, -0.1) is 0 Å². The van der Waals surface area contributed by atoms with Gasteiger partial charge in [-0.2, -0.15) is 13.2 Å². The lowest BCUT2D eigenvalue weighted by Gasteiger charge is -2.38. The largest absolute Gasteiger partial charge is 0.490 e. The number of likely N-dealkylation sites (N-methyl/N-ethyl adjacent to an activating group) is 1. The number of likely N-dealkylation sites (tertiary alicyclic amines) is 1. The maximum atomic E-state index is 12.3. The highest BCUT2D eigenvalue weighted by Gasteiger charge is 2.44. The van der Waals surface area contributed by atoms with Crippen LogP contribution in [0.5, 0.6) is 0 Å². The van der Waals surface area contributed by atoms with E-state index in [2.05, 4.69) is 29.0 Å². The van der Waals surface area contributed by atoms with Crippen LogP contribution in [0.4, 0.5) is 13.2 Å². The SMILES string of the molecule is CN(C)C1COC2(CCN(C(=O)c3cnccn3)CC2)C1.O=C(O)C(F)(F)F. The van der Waals surface area contributed by atoms with Gasteiger partial charge >= 0.3 is 12.1 Å². The Morgan fingerprint density at radius 1 is 1.29 bits per heavy atom. The first-order valence-electron chi connectivity index (χ1n) is 8.70. The molecule has 2 fully saturated rings. The Hall–Kier alpha value is -2.27. The first kappa shape index (κ1) is 22.0. The van der Waals surface area contributed by atoms with Crippen LogP contribution < -0.4 is 0 Å². The van der Waals surface area contributed by atoms with Crippen LogP contribution in [0, 0.1) is 0 Å². The number of carbonyl (C=O) groups excluding carboxylic acids is 1. The number of carbonyl (C=O) groups is 2. The molecule has 0 radical (unpaired) electrons. The second-order valence-electron chi connectivity index (χ2n) is 7.00. The summed E-state index contributed by atoms with van der Waals surface area (Å²) in [6.07, 6.45) is 2.46. The van der Waals surface area contributed by atoms with E-state index in [0.29, 0.717) is 11.7 Å². The highest BCUT2D eigenvalue weighted by Crippen LogP contribution is 2.37. The lowest BCUT2D eigenvalue weighted by molar-refractivity contribution is -0.192. The molecule has 2 saturated heterocycles. The van der Waals surface area contributed by atoms with Gasteiger partial charge < -0.3 is 19.6 Å². The minimum atomic E-state index is -5.08. The van der Waals surface area contributed by atoms with Crippen LogP contribution in [0.2, 0.25) is 0 Å². The fraction of sp³-hybridized carbons (Fsp3) is 0.647. The molecule has 3 heterocycles. The number of aliphatic carboxylic acids is 1. The summed E-state index contributed by atoms with van der Waals surface area (Å²) in [6, 6.07) is 0.493. The zero-order valence-electron chi connectivity index (χ0n) is 15.6. The number of nitrogens with zero attached hydrogens (tertiary/aromatic N) is 4. The molecule has 2 aliphatic rings. The molecule has 28 heavy (non-hydrogen) atoms. The molecule has 1 aromatic rings. The predicted octanol–water partition coefficient (Wildman–Crippen LogP) is 1.44. The lowest BCUT2D eigenvalue weighted by Crippen LogP contribution is -2.47. The van der Waals surface area contributed by atoms with E-state index in [0.717, 1.165) is 39.0 Å². The Kier molecular flexibility index (Phi) is 6.94. The van der Waals surface area contributed by atoms with Gasteiger partial charge in [0.25, 0.3) is 5.91 Å². The summed E-state index contributed by atoms with van der Waals surface area (Å²) < 4.78 is 37.8. The predicted molar refractivity (Wildman–Crippen MR) is 91.6 cm³/mol. The van der Waals surface area contributed by atoms with Gasteiger partial charge in [0.15, 0.2) is 0 Å². The summed E-state index contributed by atoms with van der Waals surface area (Å²) in [4.78, 5) is 33.4. The minimum Gasteiger partial charge on any atom is -0.475 e. The normalized spacial score (nSPS) is 21.4. The molecule has 0 aromatic carbocycles. The molecular formula is C17H23F3N4O4. The number of hydrogen-bond donors (Lipinski definition) is 1. The van der Waals surface area contributed by atoms with Gasteiger partial charge in [0.2, 0.25) is 0 Å². The fourth-order valence-electron chi connectivity index (χ4n) is 3.19. The van der Waals surface area contributed by atoms with E-state index in [1.165, 1.54) is 6.20 Å². The van der Waals surface area contributed by atoms with Crippen LogP contribution >= 0.6 is 0 Å². The zero-order valence-corrected chi connectivity index (χ0v) is 15.6. The number of aromatic nitrogens is 2. The molecule has 1 amide bonds. The summed E-state index contributed by atoms with van der Waals surface area (Å²) in [5, 5.41) is 7.12. The van der Waals surface area contributed by atoms with Gasteiger partial charge in [0, 0.05) is 31.5 Å². The molecule has 156 valence electrons. The van der Waals surface area contributed by atoms with Crippen LogP contribution in [0.1, 0.15) is 29.8 Å². The molecule has 0 bridgehead atoms. The van der Waals surface area contributed by atoms with Crippen molar-refractivity contribution in [3.8, 4) is 0 Å². The van der Waals surface area contributed by atoms with Gasteiger partial charge in [-0.3, -0.25) is 9.78 Å². The van der Waals surface area contributed by atoms with E-state index in [1.54, 1.807) is 12.4 Å². The summed E-state index contributed by atoms with van der Waals surface area (Å²) in [6.45, 7) is 2.26. The van der Waals surface area contributed by atoms with Crippen molar-refractivity contribution in [1.29, 1.82) is 0 Å². The molecule has 8 nitrogen and oxygen atoms in total. The van der Waals surface area contributed by atoms with E-state index < -0.39 is 12.1 Å². The molecule has 1 unspecified atom stereocenters. The molecule has 1 aromatic heterocycles. The molecule has 1 N–H and O–H groups in total. The number of amides is 1. The number of carboxylic acids is 1. The van der Waals surface area contributed by atoms with Gasteiger partial charge in [0.1, 0.15) is 5.69 Å². The minimum absolute atomic E-state index is 0.0277. The third-order valence-corrected chi connectivity index (χ3v) is 4.91. The number of piperidine rings is 1. The number of hydrogen-bond acceptors (Lipinski definition) is 6. The third-order valence-electron chi connectivity index (χ3n) is 4.91. The number of rotatable bonds is 2. The van der Waals surface area contributed by atoms with Crippen molar-refractivity contribution in [2.45, 2.75) is 37.1 Å². The van der Waals surface area contributed by atoms with E-state index in [9.17, 15) is 18.0 Å². The van der Waals surface area contributed by atoms with Crippen molar-refractivity contribution in [1.82, 2.24) is 19.8 Å². The first-order valence-corrected chi connectivity index (χ1v) is 8.70. The van der Waals surface area contributed by atoms with Crippen molar-refractivity contribution < 1.29 is 32.6 Å². The van der Waals surface area contributed by atoms with Gasteiger partial charge in [-0.1, -0.05) is 0 Å². The van der Waals surface area contributed by atoms with E-state index in [1.807, 2.05) is 4.90 Å². The van der Waals surface area contributed by atoms with Crippen LogP contribution in [0.3, 0.4) is 0 Å². The molecular weight excluding hydrogens is 381 g/mol. The highest BCUT2D eigenvalue weighted by molar-refractivity contribution is 5.92. The monoisotopic (exact) mass is 404 g/mol. The van der Waals surface area contributed by atoms with Crippen LogP contribution in [-0.4, -0.2) is 88.4 Å². The summed E-state index contributed by atoms with van der Waals surface area (Å²) in [7, 11) is 4.19. The van der Waals surface area contributed by atoms with Crippen LogP contribution in [0.15, 0.2) is 18.6 Å². The Balaban J connectivity index is 0.000000345. The van der Waals surface area contributed by atoms with Gasteiger partial charge in [0.05, 0.1) is 18.4 Å². The number of alkyl halides is 3. The molecule has 0 aliphatic carbocycles. The number of halogens is 3. The van der Waals surface area contributed by atoms with Crippen LogP contribution in [0.25, 0.3) is 0 Å². The zero-order chi connectivity index (χ0) is 20.9. The maximum Gasteiger partial charge on any atom is 0.490 e. The van der Waals surface area contributed by atoms with Gasteiger partial charge in [-0.25, -0.2) is 9.78 Å². The van der Waals surface area contributed by atoms with Gasteiger partial charge in [-0.05, 0) is 33.4 Å². The number of carboxylic acid groups (broad SMARTS) is 1. The van der Waals surface area contributed by atoms with Crippen molar-refractivity contribution in [2.24, 2.45) is 0 Å². The van der Waals surface area contributed by atoms with Crippen molar-refractivity contribution in [3.05, 3.63) is 24.3 Å². The molecule has 11 heteroatoms.